The third-order valence-electron chi connectivity index (χ3n) is 3.56. The lowest BCUT2D eigenvalue weighted by molar-refractivity contribution is -0.111. The van der Waals surface area contributed by atoms with Gasteiger partial charge in [0.2, 0.25) is 11.7 Å². The minimum atomic E-state index is -0.210. The lowest BCUT2D eigenvalue weighted by Crippen LogP contribution is -2.09. The third-order valence-corrected chi connectivity index (χ3v) is 4.23. The van der Waals surface area contributed by atoms with Gasteiger partial charge in [-0.1, -0.05) is 0 Å². The van der Waals surface area contributed by atoms with Crippen molar-refractivity contribution in [1.29, 1.82) is 0 Å². The number of benzene rings is 2. The number of aryl methyl sites for hydroxylation is 1. The van der Waals surface area contributed by atoms with Crippen LogP contribution < -0.4 is 19.5 Å². The molecule has 0 saturated carbocycles. The molecule has 132 valence electrons. The maximum absolute atomic E-state index is 12.2. The Morgan fingerprint density at radius 1 is 1.04 bits per heavy atom. The van der Waals surface area contributed by atoms with Crippen molar-refractivity contribution < 1.29 is 19.0 Å². The summed E-state index contributed by atoms with van der Waals surface area (Å²) in [5.74, 6) is 1.38. The van der Waals surface area contributed by atoms with Crippen LogP contribution in [0, 0.1) is 10.5 Å². The van der Waals surface area contributed by atoms with Crippen molar-refractivity contribution in [3.63, 3.8) is 0 Å². The summed E-state index contributed by atoms with van der Waals surface area (Å²) in [5.41, 5.74) is 2.57. The number of ether oxygens (including phenoxy) is 3. The zero-order valence-electron chi connectivity index (χ0n) is 14.6. The first kappa shape index (κ1) is 19.1. The van der Waals surface area contributed by atoms with Crippen LogP contribution in [0.15, 0.2) is 36.4 Å². The Morgan fingerprint density at radius 2 is 1.68 bits per heavy atom. The molecule has 0 aromatic heterocycles. The highest BCUT2D eigenvalue weighted by molar-refractivity contribution is 14.1. The Morgan fingerprint density at radius 3 is 2.20 bits per heavy atom. The van der Waals surface area contributed by atoms with Gasteiger partial charge in [0.25, 0.3) is 0 Å². The van der Waals surface area contributed by atoms with Crippen LogP contribution in [-0.4, -0.2) is 27.2 Å². The molecule has 0 aliphatic heterocycles. The van der Waals surface area contributed by atoms with Gasteiger partial charge in [-0.25, -0.2) is 0 Å². The first-order chi connectivity index (χ1) is 12.0. The molecule has 2 aromatic carbocycles. The van der Waals surface area contributed by atoms with Gasteiger partial charge < -0.3 is 19.5 Å². The van der Waals surface area contributed by atoms with Crippen LogP contribution in [0.1, 0.15) is 11.1 Å². The van der Waals surface area contributed by atoms with Crippen molar-refractivity contribution in [2.75, 3.05) is 26.6 Å². The van der Waals surface area contributed by atoms with E-state index in [0.29, 0.717) is 17.2 Å². The molecule has 1 amide bonds. The first-order valence-electron chi connectivity index (χ1n) is 7.53. The number of halogens is 1. The monoisotopic (exact) mass is 453 g/mol. The zero-order chi connectivity index (χ0) is 18.4. The molecule has 2 rings (SSSR count). The Bertz CT molecular complexity index is 777. The normalized spacial score (nSPS) is 10.6. The quantitative estimate of drug-likeness (QED) is 0.524. The van der Waals surface area contributed by atoms with Gasteiger partial charge in [-0.3, -0.25) is 4.79 Å². The third kappa shape index (κ3) is 4.88. The topological polar surface area (TPSA) is 56.8 Å². The van der Waals surface area contributed by atoms with E-state index in [2.05, 4.69) is 27.9 Å². The Balaban J connectivity index is 2.19. The van der Waals surface area contributed by atoms with Crippen LogP contribution >= 0.6 is 22.6 Å². The number of amides is 1. The molecule has 0 unspecified atom stereocenters. The smallest absolute Gasteiger partial charge is 0.248 e. The highest BCUT2D eigenvalue weighted by atomic mass is 127. The number of hydrogen-bond acceptors (Lipinski definition) is 4. The second kappa shape index (κ2) is 8.75. The second-order valence-electron chi connectivity index (χ2n) is 5.24. The molecule has 0 fully saturated rings. The SMILES string of the molecule is COc1cc(C=CC(=O)Nc2ccc(I)cc2C)cc(OC)c1OC. The number of rotatable bonds is 6. The number of anilines is 1. The molecule has 6 heteroatoms. The molecular weight excluding hydrogens is 433 g/mol. The van der Waals surface area contributed by atoms with E-state index in [1.54, 1.807) is 39.5 Å². The Labute approximate surface area is 161 Å². The molecule has 0 aliphatic rings. The van der Waals surface area contributed by atoms with Crippen LogP contribution in [-0.2, 0) is 4.79 Å². The average molecular weight is 453 g/mol. The van der Waals surface area contributed by atoms with Gasteiger partial charge in [0.1, 0.15) is 0 Å². The van der Waals surface area contributed by atoms with Crippen LogP contribution in [0.3, 0.4) is 0 Å². The molecule has 0 spiro atoms. The second-order valence-corrected chi connectivity index (χ2v) is 6.49. The summed E-state index contributed by atoms with van der Waals surface area (Å²) in [6.07, 6.45) is 3.17. The van der Waals surface area contributed by atoms with E-state index >= 15 is 0 Å². The minimum Gasteiger partial charge on any atom is -0.493 e. The van der Waals surface area contributed by atoms with E-state index in [-0.39, 0.29) is 5.91 Å². The number of carbonyl (C=O) groups is 1. The summed E-state index contributed by atoms with van der Waals surface area (Å²) < 4.78 is 17.0. The van der Waals surface area contributed by atoms with Gasteiger partial charge in [0.15, 0.2) is 11.5 Å². The minimum absolute atomic E-state index is 0.210. The number of carbonyl (C=O) groups excluding carboxylic acids is 1. The van der Waals surface area contributed by atoms with Gasteiger partial charge in [-0.2, -0.15) is 0 Å². The molecule has 5 nitrogen and oxygen atoms in total. The van der Waals surface area contributed by atoms with Gasteiger partial charge in [0, 0.05) is 15.3 Å². The van der Waals surface area contributed by atoms with Crippen molar-refractivity contribution in [2.24, 2.45) is 0 Å². The molecule has 0 heterocycles. The maximum Gasteiger partial charge on any atom is 0.248 e. The Hall–Kier alpha value is -2.22. The largest absolute Gasteiger partial charge is 0.493 e. The van der Waals surface area contributed by atoms with E-state index in [1.165, 1.54) is 6.08 Å². The summed E-state index contributed by atoms with van der Waals surface area (Å²) in [5, 5.41) is 2.87. The molecule has 0 saturated heterocycles. The summed E-state index contributed by atoms with van der Waals surface area (Å²) in [6, 6.07) is 9.41. The van der Waals surface area contributed by atoms with E-state index in [9.17, 15) is 4.79 Å². The van der Waals surface area contributed by atoms with Crippen LogP contribution in [0.5, 0.6) is 17.2 Å². The van der Waals surface area contributed by atoms with Gasteiger partial charge in [-0.05, 0) is 77.0 Å². The summed E-state index contributed by atoms with van der Waals surface area (Å²) >= 11 is 2.24. The fraction of sp³-hybridized carbons (Fsp3) is 0.211. The molecule has 0 bridgehead atoms. The van der Waals surface area contributed by atoms with Crippen LogP contribution in [0.25, 0.3) is 6.08 Å². The summed E-state index contributed by atoms with van der Waals surface area (Å²) in [4.78, 5) is 12.2. The molecule has 2 aromatic rings. The fourth-order valence-corrected chi connectivity index (χ4v) is 2.96. The standard InChI is InChI=1S/C19H20INO4/c1-12-9-14(20)6-7-15(12)21-18(22)8-5-13-10-16(23-2)19(25-4)17(11-13)24-3/h5-11H,1-4H3,(H,21,22). The van der Waals surface area contributed by atoms with Gasteiger partial charge >= 0.3 is 0 Å². The molecule has 0 aliphatic carbocycles. The van der Waals surface area contributed by atoms with E-state index in [1.807, 2.05) is 25.1 Å². The predicted molar refractivity (Wildman–Crippen MR) is 108 cm³/mol. The van der Waals surface area contributed by atoms with Crippen molar-refractivity contribution >= 4 is 40.3 Å². The van der Waals surface area contributed by atoms with Gasteiger partial charge in [-0.15, -0.1) is 0 Å². The zero-order valence-corrected chi connectivity index (χ0v) is 16.7. The molecule has 0 atom stereocenters. The predicted octanol–water partition coefficient (Wildman–Crippen LogP) is 4.28. The van der Waals surface area contributed by atoms with Crippen molar-refractivity contribution in [3.8, 4) is 17.2 Å². The summed E-state index contributed by atoms with van der Waals surface area (Å²) in [6.45, 7) is 1.96. The van der Waals surface area contributed by atoms with E-state index < -0.39 is 0 Å². The number of nitrogens with one attached hydrogen (secondary N) is 1. The van der Waals surface area contributed by atoms with Gasteiger partial charge in [0.05, 0.1) is 21.3 Å². The number of hydrogen-bond donors (Lipinski definition) is 1. The lowest BCUT2D eigenvalue weighted by atomic mass is 10.1. The lowest BCUT2D eigenvalue weighted by Gasteiger charge is -2.12. The average Bonchev–Trinajstić information content (AvgIpc) is 2.61. The highest BCUT2D eigenvalue weighted by Crippen LogP contribution is 2.38. The van der Waals surface area contributed by atoms with Crippen molar-refractivity contribution in [3.05, 3.63) is 51.1 Å². The van der Waals surface area contributed by atoms with Crippen molar-refractivity contribution in [2.45, 2.75) is 6.92 Å². The molecule has 1 N–H and O–H groups in total. The maximum atomic E-state index is 12.2. The van der Waals surface area contributed by atoms with Crippen molar-refractivity contribution in [1.82, 2.24) is 0 Å². The van der Waals surface area contributed by atoms with Crippen LogP contribution in [0.4, 0.5) is 5.69 Å². The number of methoxy groups -OCH3 is 3. The molecule has 0 radical (unpaired) electrons. The Kier molecular flexibility index (Phi) is 6.69. The summed E-state index contributed by atoms with van der Waals surface area (Å²) in [7, 11) is 4.65. The fourth-order valence-electron chi connectivity index (χ4n) is 2.31. The van der Waals surface area contributed by atoms with E-state index in [4.69, 9.17) is 14.2 Å². The van der Waals surface area contributed by atoms with E-state index in [0.717, 1.165) is 20.4 Å². The molecule has 25 heavy (non-hydrogen) atoms. The molecular formula is C19H20INO4. The van der Waals surface area contributed by atoms with Crippen LogP contribution in [0.2, 0.25) is 0 Å². The first-order valence-corrected chi connectivity index (χ1v) is 8.61. The highest BCUT2D eigenvalue weighted by Gasteiger charge is 2.12.